The van der Waals surface area contributed by atoms with Crippen molar-refractivity contribution in [3.8, 4) is 5.75 Å². The molecular weight excluding hydrogens is 388 g/mol. The van der Waals surface area contributed by atoms with Crippen LogP contribution in [0.25, 0.3) is 0 Å². The Bertz CT molecular complexity index is 892. The Kier molecular flexibility index (Phi) is 7.52. The second-order valence-electron chi connectivity index (χ2n) is 7.28. The van der Waals surface area contributed by atoms with Crippen LogP contribution in [0.1, 0.15) is 30.4 Å². The minimum absolute atomic E-state index is 0.356. The molecule has 2 aromatic carbocycles. The number of rotatable bonds is 9. The van der Waals surface area contributed by atoms with Gasteiger partial charge in [-0.25, -0.2) is 8.42 Å². The van der Waals surface area contributed by atoms with Crippen LogP contribution in [-0.2, 0) is 21.3 Å². The molecule has 6 nitrogen and oxygen atoms in total. The number of hydrogen-bond acceptors (Lipinski definition) is 5. The minimum Gasteiger partial charge on any atom is -0.491 e. The summed E-state index contributed by atoms with van der Waals surface area (Å²) in [5, 5.41) is 3.37. The highest BCUT2D eigenvalue weighted by Crippen LogP contribution is 2.25. The largest absolute Gasteiger partial charge is 0.491 e. The molecule has 0 radical (unpaired) electrons. The Balaban J connectivity index is 1.66. The van der Waals surface area contributed by atoms with E-state index in [1.807, 2.05) is 37.3 Å². The van der Waals surface area contributed by atoms with Crippen molar-refractivity contribution in [2.24, 2.45) is 0 Å². The second-order valence-corrected chi connectivity index (χ2v) is 9.22. The molecule has 1 aliphatic heterocycles. The number of nitrogens with one attached hydrogen (secondary N) is 1. The van der Waals surface area contributed by atoms with E-state index >= 15 is 0 Å². The lowest BCUT2D eigenvalue weighted by molar-refractivity contribution is 0.146. The Morgan fingerprint density at radius 3 is 2.41 bits per heavy atom. The zero-order valence-electron chi connectivity index (χ0n) is 17.2. The summed E-state index contributed by atoms with van der Waals surface area (Å²) < 4.78 is 38.1. The monoisotopic (exact) mass is 418 g/mol. The molecule has 0 amide bonds. The maximum atomic E-state index is 12.9. The first-order valence-electron chi connectivity index (χ1n) is 10.1. The van der Waals surface area contributed by atoms with Crippen molar-refractivity contribution < 1.29 is 17.9 Å². The maximum absolute atomic E-state index is 12.9. The molecule has 0 bridgehead atoms. The lowest BCUT2D eigenvalue weighted by Gasteiger charge is -2.26. The molecule has 1 saturated heterocycles. The van der Waals surface area contributed by atoms with Gasteiger partial charge in [-0.3, -0.25) is 0 Å². The summed E-state index contributed by atoms with van der Waals surface area (Å²) in [4.78, 5) is 0.356. The van der Waals surface area contributed by atoms with Crippen molar-refractivity contribution >= 4 is 15.7 Å². The second kappa shape index (κ2) is 10.1. The predicted molar refractivity (Wildman–Crippen MR) is 115 cm³/mol. The highest BCUT2D eigenvalue weighted by atomic mass is 32.2. The number of benzene rings is 2. The molecule has 0 saturated carbocycles. The average molecular weight is 419 g/mol. The van der Waals surface area contributed by atoms with Gasteiger partial charge < -0.3 is 14.8 Å². The van der Waals surface area contributed by atoms with Crippen LogP contribution in [0.5, 0.6) is 5.75 Å². The van der Waals surface area contributed by atoms with E-state index in [2.05, 4.69) is 5.32 Å². The molecule has 7 heteroatoms. The van der Waals surface area contributed by atoms with Crippen LogP contribution >= 0.6 is 0 Å². The zero-order valence-corrected chi connectivity index (χ0v) is 18.0. The van der Waals surface area contributed by atoms with Gasteiger partial charge in [0.1, 0.15) is 12.4 Å². The van der Waals surface area contributed by atoms with E-state index in [9.17, 15) is 8.42 Å². The van der Waals surface area contributed by atoms with Gasteiger partial charge in [-0.15, -0.1) is 0 Å². The van der Waals surface area contributed by atoms with Crippen LogP contribution < -0.4 is 10.1 Å². The Morgan fingerprint density at radius 1 is 1.00 bits per heavy atom. The van der Waals surface area contributed by atoms with Gasteiger partial charge >= 0.3 is 0 Å². The van der Waals surface area contributed by atoms with Crippen LogP contribution in [0.15, 0.2) is 47.4 Å². The van der Waals surface area contributed by atoms with Crippen molar-refractivity contribution in [1.29, 1.82) is 0 Å². The van der Waals surface area contributed by atoms with Crippen molar-refractivity contribution in [2.75, 3.05) is 38.7 Å². The molecule has 3 rings (SSSR count). The third kappa shape index (κ3) is 5.72. The number of nitrogens with zero attached hydrogens (tertiary/aromatic N) is 1. The van der Waals surface area contributed by atoms with Gasteiger partial charge in [-0.2, -0.15) is 4.31 Å². The van der Waals surface area contributed by atoms with Crippen LogP contribution in [0.3, 0.4) is 0 Å². The predicted octanol–water partition coefficient (Wildman–Crippen LogP) is 3.81. The summed E-state index contributed by atoms with van der Waals surface area (Å²) in [5.74, 6) is 0.802. The fourth-order valence-corrected chi connectivity index (χ4v) is 4.89. The molecule has 1 heterocycles. The van der Waals surface area contributed by atoms with Gasteiger partial charge in [0, 0.05) is 32.4 Å². The first-order chi connectivity index (χ1) is 14.0. The standard InChI is InChI=1S/C22H30N2O4S/c1-18-6-11-21(29(25,26)24-12-4-3-5-13-24)16-22(18)23-17-19-7-9-20(10-8-19)28-15-14-27-2/h6-11,16,23H,3-5,12-15,17H2,1-2H3. The molecule has 2 aromatic rings. The molecule has 0 spiro atoms. The van der Waals surface area contributed by atoms with Crippen molar-refractivity contribution in [1.82, 2.24) is 4.31 Å². The molecule has 1 aliphatic rings. The number of aryl methyl sites for hydroxylation is 1. The topological polar surface area (TPSA) is 67.9 Å². The van der Waals surface area contributed by atoms with E-state index in [0.29, 0.717) is 37.7 Å². The normalized spacial score (nSPS) is 15.2. The summed E-state index contributed by atoms with van der Waals surface area (Å²) in [6.45, 7) is 4.87. The summed E-state index contributed by atoms with van der Waals surface area (Å²) in [7, 11) is -1.79. The number of sulfonamides is 1. The number of anilines is 1. The molecule has 0 unspecified atom stereocenters. The van der Waals surface area contributed by atoms with Gasteiger partial charge in [-0.1, -0.05) is 24.6 Å². The Labute approximate surface area is 173 Å². The first-order valence-corrected chi connectivity index (χ1v) is 11.5. The molecule has 158 valence electrons. The average Bonchev–Trinajstić information content (AvgIpc) is 2.75. The zero-order chi connectivity index (χ0) is 20.7. The van der Waals surface area contributed by atoms with E-state index in [-0.39, 0.29) is 0 Å². The molecule has 1 N–H and O–H groups in total. The smallest absolute Gasteiger partial charge is 0.243 e. The fourth-order valence-electron chi connectivity index (χ4n) is 3.35. The van der Waals surface area contributed by atoms with Crippen LogP contribution in [-0.4, -0.2) is 46.1 Å². The van der Waals surface area contributed by atoms with Gasteiger partial charge in [-0.05, 0) is 55.2 Å². The Morgan fingerprint density at radius 2 is 1.72 bits per heavy atom. The lowest BCUT2D eigenvalue weighted by atomic mass is 10.1. The molecular formula is C22H30N2O4S. The van der Waals surface area contributed by atoms with Gasteiger partial charge in [0.25, 0.3) is 0 Å². The first kappa shape index (κ1) is 21.6. The molecule has 0 atom stereocenters. The molecule has 1 fully saturated rings. The van der Waals surface area contributed by atoms with Gasteiger partial charge in [0.15, 0.2) is 0 Å². The van der Waals surface area contributed by atoms with Crippen LogP contribution in [0, 0.1) is 6.92 Å². The summed E-state index contributed by atoms with van der Waals surface area (Å²) in [6, 6.07) is 13.2. The van der Waals surface area contributed by atoms with Gasteiger partial charge in [0.2, 0.25) is 10.0 Å². The lowest BCUT2D eigenvalue weighted by Crippen LogP contribution is -2.35. The van der Waals surface area contributed by atoms with Crippen LogP contribution in [0.4, 0.5) is 5.69 Å². The van der Waals surface area contributed by atoms with E-state index in [1.54, 1.807) is 23.5 Å². The van der Waals surface area contributed by atoms with E-state index < -0.39 is 10.0 Å². The third-order valence-electron chi connectivity index (χ3n) is 5.12. The number of hydrogen-bond donors (Lipinski definition) is 1. The number of ether oxygens (including phenoxy) is 2. The van der Waals surface area contributed by atoms with Crippen molar-refractivity contribution in [3.05, 3.63) is 53.6 Å². The van der Waals surface area contributed by atoms with Gasteiger partial charge in [0.05, 0.1) is 11.5 Å². The molecule has 0 aromatic heterocycles. The maximum Gasteiger partial charge on any atom is 0.243 e. The number of piperidine rings is 1. The van der Waals surface area contributed by atoms with E-state index in [0.717, 1.165) is 41.8 Å². The highest BCUT2D eigenvalue weighted by molar-refractivity contribution is 7.89. The summed E-state index contributed by atoms with van der Waals surface area (Å²) >= 11 is 0. The number of methoxy groups -OCH3 is 1. The SMILES string of the molecule is COCCOc1ccc(CNc2cc(S(=O)(=O)N3CCCCC3)ccc2C)cc1. The molecule has 29 heavy (non-hydrogen) atoms. The highest BCUT2D eigenvalue weighted by Gasteiger charge is 2.26. The van der Waals surface area contributed by atoms with Crippen molar-refractivity contribution in [2.45, 2.75) is 37.6 Å². The summed E-state index contributed by atoms with van der Waals surface area (Å²) in [6.07, 6.45) is 2.96. The Hall–Kier alpha value is -2.09. The third-order valence-corrected chi connectivity index (χ3v) is 7.02. The van der Waals surface area contributed by atoms with E-state index in [4.69, 9.17) is 9.47 Å². The quantitative estimate of drug-likeness (QED) is 0.627. The summed E-state index contributed by atoms with van der Waals surface area (Å²) in [5.41, 5.74) is 2.94. The minimum atomic E-state index is -3.43. The van der Waals surface area contributed by atoms with Crippen LogP contribution in [0.2, 0.25) is 0 Å². The van der Waals surface area contributed by atoms with E-state index in [1.165, 1.54) is 0 Å². The van der Waals surface area contributed by atoms with Crippen molar-refractivity contribution in [3.63, 3.8) is 0 Å². The fraction of sp³-hybridized carbons (Fsp3) is 0.455. The molecule has 0 aliphatic carbocycles.